The molecular formula is C13H16N2O4S2. The first kappa shape index (κ1) is 15.9. The van der Waals surface area contributed by atoms with Crippen LogP contribution >= 0.6 is 11.3 Å². The van der Waals surface area contributed by atoms with Crippen molar-refractivity contribution in [1.82, 2.24) is 4.31 Å². The summed E-state index contributed by atoms with van der Waals surface area (Å²) in [6, 6.07) is 4.90. The molecule has 0 saturated carbocycles. The number of aliphatic carboxylic acids is 1. The maximum atomic E-state index is 12.5. The van der Waals surface area contributed by atoms with Gasteiger partial charge in [0.2, 0.25) is 0 Å². The first-order chi connectivity index (χ1) is 9.93. The van der Waals surface area contributed by atoms with Crippen molar-refractivity contribution in [2.45, 2.75) is 29.9 Å². The van der Waals surface area contributed by atoms with Crippen LogP contribution in [0.3, 0.4) is 0 Å². The smallest absolute Gasteiger partial charge is 0.303 e. The molecule has 1 unspecified atom stereocenters. The van der Waals surface area contributed by atoms with Gasteiger partial charge in [0.1, 0.15) is 15.2 Å². The van der Waals surface area contributed by atoms with Gasteiger partial charge in [-0.25, -0.2) is 8.42 Å². The molecule has 2 heterocycles. The molecule has 1 N–H and O–H groups in total. The van der Waals surface area contributed by atoms with Gasteiger partial charge >= 0.3 is 5.97 Å². The van der Waals surface area contributed by atoms with Gasteiger partial charge < -0.3 is 5.11 Å². The number of carbonyl (C=O) groups is 1. The molecule has 0 aliphatic carbocycles. The number of hydrogen-bond donors (Lipinski definition) is 1. The Kier molecular flexibility index (Phi) is 4.98. The van der Waals surface area contributed by atoms with Gasteiger partial charge in [-0.1, -0.05) is 0 Å². The van der Waals surface area contributed by atoms with E-state index in [9.17, 15) is 13.2 Å². The lowest BCUT2D eigenvalue weighted by molar-refractivity contribution is -0.137. The van der Waals surface area contributed by atoms with Crippen molar-refractivity contribution in [2.24, 2.45) is 5.92 Å². The van der Waals surface area contributed by atoms with Crippen LogP contribution in [0.25, 0.3) is 0 Å². The van der Waals surface area contributed by atoms with Crippen LogP contribution in [0.1, 0.15) is 30.6 Å². The van der Waals surface area contributed by atoms with Crippen molar-refractivity contribution >= 4 is 27.3 Å². The Labute approximate surface area is 127 Å². The molecule has 21 heavy (non-hydrogen) atoms. The van der Waals surface area contributed by atoms with Crippen LogP contribution in [0.4, 0.5) is 0 Å². The first-order valence-corrected chi connectivity index (χ1v) is 8.91. The second-order valence-corrected chi connectivity index (χ2v) is 8.28. The summed E-state index contributed by atoms with van der Waals surface area (Å²) in [6.45, 7) is 0.807. The molecule has 2 rings (SSSR count). The van der Waals surface area contributed by atoms with Gasteiger partial charge in [-0.2, -0.15) is 9.57 Å². The van der Waals surface area contributed by atoms with E-state index in [1.807, 2.05) is 6.07 Å². The van der Waals surface area contributed by atoms with Gasteiger partial charge in [0, 0.05) is 19.5 Å². The Balaban J connectivity index is 2.09. The zero-order chi connectivity index (χ0) is 15.5. The molecule has 1 saturated heterocycles. The largest absolute Gasteiger partial charge is 0.481 e. The summed E-state index contributed by atoms with van der Waals surface area (Å²) >= 11 is 0.968. The number of hydrogen-bond acceptors (Lipinski definition) is 5. The number of carboxylic acid groups (broad SMARTS) is 1. The predicted octanol–water partition coefficient (Wildman–Crippen LogP) is 1.89. The Morgan fingerprint density at radius 2 is 2.29 bits per heavy atom. The van der Waals surface area contributed by atoms with Crippen molar-refractivity contribution < 1.29 is 18.3 Å². The summed E-state index contributed by atoms with van der Waals surface area (Å²) < 4.78 is 26.6. The van der Waals surface area contributed by atoms with Crippen molar-refractivity contribution in [3.63, 3.8) is 0 Å². The third-order valence-corrected chi connectivity index (χ3v) is 6.86. The zero-order valence-electron chi connectivity index (χ0n) is 11.4. The normalized spacial score (nSPS) is 20.0. The molecule has 0 amide bonds. The fourth-order valence-corrected chi connectivity index (χ4v) is 5.27. The first-order valence-electron chi connectivity index (χ1n) is 6.65. The van der Waals surface area contributed by atoms with E-state index in [1.54, 1.807) is 0 Å². The highest BCUT2D eigenvalue weighted by atomic mass is 32.2. The quantitative estimate of drug-likeness (QED) is 0.890. The molecule has 8 heteroatoms. The Morgan fingerprint density at radius 1 is 1.52 bits per heavy atom. The summed E-state index contributed by atoms with van der Waals surface area (Å²) in [6.07, 6.45) is 2.15. The van der Waals surface area contributed by atoms with E-state index in [-0.39, 0.29) is 16.5 Å². The van der Waals surface area contributed by atoms with Crippen molar-refractivity contribution in [3.8, 4) is 6.07 Å². The van der Waals surface area contributed by atoms with Crippen molar-refractivity contribution in [3.05, 3.63) is 17.0 Å². The van der Waals surface area contributed by atoms with E-state index in [4.69, 9.17) is 10.4 Å². The van der Waals surface area contributed by atoms with Crippen LogP contribution in [0, 0.1) is 17.2 Å². The highest BCUT2D eigenvalue weighted by Gasteiger charge is 2.31. The minimum Gasteiger partial charge on any atom is -0.481 e. The topological polar surface area (TPSA) is 98.5 Å². The molecule has 6 nitrogen and oxygen atoms in total. The van der Waals surface area contributed by atoms with Crippen LogP contribution in [-0.2, 0) is 14.8 Å². The fraction of sp³-hybridized carbons (Fsp3) is 0.538. The third kappa shape index (κ3) is 3.81. The molecule has 0 radical (unpaired) electrons. The number of rotatable bonds is 5. The van der Waals surface area contributed by atoms with Crippen LogP contribution in [0.2, 0.25) is 0 Å². The lowest BCUT2D eigenvalue weighted by Gasteiger charge is -2.31. The third-order valence-electron chi connectivity index (χ3n) is 3.53. The lowest BCUT2D eigenvalue weighted by atomic mass is 9.95. The summed E-state index contributed by atoms with van der Waals surface area (Å²) in [5.74, 6) is -0.771. The van der Waals surface area contributed by atoms with E-state index in [1.165, 1.54) is 16.4 Å². The zero-order valence-corrected chi connectivity index (χ0v) is 13.0. The highest BCUT2D eigenvalue weighted by Crippen LogP contribution is 2.29. The lowest BCUT2D eigenvalue weighted by Crippen LogP contribution is -2.39. The fourth-order valence-electron chi connectivity index (χ4n) is 2.45. The Bertz CT molecular complexity index is 660. The van der Waals surface area contributed by atoms with Gasteiger partial charge in [0.25, 0.3) is 10.0 Å². The number of thiophene rings is 1. The minimum atomic E-state index is -3.57. The molecule has 1 aliphatic rings. The highest BCUT2D eigenvalue weighted by molar-refractivity contribution is 7.91. The maximum Gasteiger partial charge on any atom is 0.303 e. The van der Waals surface area contributed by atoms with Crippen LogP contribution < -0.4 is 0 Å². The molecule has 1 aliphatic heterocycles. The standard InChI is InChI=1S/C13H16N2O4S2/c14-8-11-4-6-13(20-11)21(18,19)15-7-1-2-10(9-15)3-5-12(16)17/h4,6,10H,1-3,5,7,9H2,(H,16,17). The van der Waals surface area contributed by atoms with Crippen molar-refractivity contribution in [1.29, 1.82) is 5.26 Å². The van der Waals surface area contributed by atoms with Crippen LogP contribution in [0.15, 0.2) is 16.3 Å². The molecule has 0 bridgehead atoms. The van der Waals surface area contributed by atoms with E-state index in [2.05, 4.69) is 0 Å². The van der Waals surface area contributed by atoms with E-state index < -0.39 is 16.0 Å². The monoisotopic (exact) mass is 328 g/mol. The second-order valence-electron chi connectivity index (χ2n) is 5.03. The van der Waals surface area contributed by atoms with Gasteiger partial charge in [0.15, 0.2) is 0 Å². The average Bonchev–Trinajstić information content (AvgIpc) is 2.95. The summed E-state index contributed by atoms with van der Waals surface area (Å²) in [5, 5.41) is 17.5. The number of piperidine rings is 1. The molecule has 1 aromatic heterocycles. The molecule has 114 valence electrons. The average molecular weight is 328 g/mol. The maximum absolute atomic E-state index is 12.5. The minimum absolute atomic E-state index is 0.0656. The summed E-state index contributed by atoms with van der Waals surface area (Å²) in [4.78, 5) is 11.0. The predicted molar refractivity (Wildman–Crippen MR) is 77.4 cm³/mol. The van der Waals surface area contributed by atoms with Gasteiger partial charge in [-0.05, 0) is 37.3 Å². The molecule has 0 aromatic carbocycles. The molecule has 1 atom stereocenters. The van der Waals surface area contributed by atoms with Gasteiger partial charge in [-0.15, -0.1) is 11.3 Å². The van der Waals surface area contributed by atoms with Crippen LogP contribution in [-0.4, -0.2) is 36.9 Å². The molecule has 0 spiro atoms. The Hall–Kier alpha value is -1.43. The number of carboxylic acids is 1. The van der Waals surface area contributed by atoms with E-state index in [0.717, 1.165) is 24.2 Å². The van der Waals surface area contributed by atoms with E-state index in [0.29, 0.717) is 24.4 Å². The number of sulfonamides is 1. The van der Waals surface area contributed by atoms with E-state index >= 15 is 0 Å². The van der Waals surface area contributed by atoms with Crippen molar-refractivity contribution in [2.75, 3.05) is 13.1 Å². The second kappa shape index (κ2) is 6.56. The van der Waals surface area contributed by atoms with Crippen LogP contribution in [0.5, 0.6) is 0 Å². The summed E-state index contributed by atoms with van der Waals surface area (Å²) in [7, 11) is -3.57. The van der Waals surface area contributed by atoms with Gasteiger partial charge in [-0.3, -0.25) is 4.79 Å². The molecular weight excluding hydrogens is 312 g/mol. The van der Waals surface area contributed by atoms with Gasteiger partial charge in [0.05, 0.1) is 0 Å². The number of nitriles is 1. The Morgan fingerprint density at radius 3 is 2.90 bits per heavy atom. The SMILES string of the molecule is N#Cc1ccc(S(=O)(=O)N2CCCC(CCC(=O)O)C2)s1. The summed E-state index contributed by atoms with van der Waals surface area (Å²) in [5.41, 5.74) is 0. The molecule has 1 aromatic rings. The molecule has 1 fully saturated rings. The number of nitrogens with zero attached hydrogens (tertiary/aromatic N) is 2.